The zero-order valence-electron chi connectivity index (χ0n) is 10.1. The van der Waals surface area contributed by atoms with Gasteiger partial charge < -0.3 is 15.5 Å². The minimum absolute atomic E-state index is 0.0304. The third-order valence-corrected chi connectivity index (χ3v) is 2.57. The number of nitrogens with one attached hydrogen (secondary N) is 1. The zero-order chi connectivity index (χ0) is 13.5. The van der Waals surface area contributed by atoms with Crippen LogP contribution in [-0.4, -0.2) is 28.8 Å². The summed E-state index contributed by atoms with van der Waals surface area (Å²) in [4.78, 5) is 10.7. The molecule has 5 nitrogen and oxygen atoms in total. The molecular weight excluding hydrogens is 232 g/mol. The van der Waals surface area contributed by atoms with Crippen molar-refractivity contribution in [3.63, 3.8) is 0 Å². The molecule has 0 aromatic heterocycles. The summed E-state index contributed by atoms with van der Waals surface area (Å²) in [5.41, 5.74) is 1.19. The van der Waals surface area contributed by atoms with Gasteiger partial charge in [0.25, 0.3) is 0 Å². The molecule has 0 bridgehead atoms. The van der Waals surface area contributed by atoms with Crippen LogP contribution in [0.3, 0.4) is 0 Å². The molecule has 0 fully saturated rings. The first-order chi connectivity index (χ1) is 8.56. The molecule has 0 aliphatic heterocycles. The van der Waals surface area contributed by atoms with Crippen molar-refractivity contribution in [1.29, 1.82) is 5.26 Å². The summed E-state index contributed by atoms with van der Waals surface area (Å²) in [5.74, 6) is -0.272. The van der Waals surface area contributed by atoms with Gasteiger partial charge >= 0.3 is 0 Å². The molecule has 1 aromatic carbocycles. The predicted octanol–water partition coefficient (Wildman–Crippen LogP) is 0.283. The highest BCUT2D eigenvalue weighted by atomic mass is 16.3. The van der Waals surface area contributed by atoms with Crippen LogP contribution in [0.1, 0.15) is 24.2 Å². The highest BCUT2D eigenvalue weighted by Gasteiger charge is 2.20. The summed E-state index contributed by atoms with van der Waals surface area (Å²) in [5, 5.41) is 30.9. The van der Waals surface area contributed by atoms with Crippen molar-refractivity contribution in [3.05, 3.63) is 35.4 Å². The van der Waals surface area contributed by atoms with Crippen molar-refractivity contribution >= 4 is 5.91 Å². The summed E-state index contributed by atoms with van der Waals surface area (Å²) in [6.07, 6.45) is -2.06. The number of nitriles is 1. The number of nitrogens with zero attached hydrogens (tertiary/aromatic N) is 1. The Bertz CT molecular complexity index is 454. The van der Waals surface area contributed by atoms with Gasteiger partial charge in [0.15, 0.2) is 0 Å². The highest BCUT2D eigenvalue weighted by molar-refractivity contribution is 5.72. The number of aliphatic hydroxyl groups is 2. The van der Waals surface area contributed by atoms with Gasteiger partial charge in [0.1, 0.15) is 12.2 Å². The molecule has 5 heteroatoms. The van der Waals surface area contributed by atoms with E-state index in [-0.39, 0.29) is 18.9 Å². The molecule has 1 amide bonds. The molecule has 0 spiro atoms. The molecule has 96 valence electrons. The summed E-state index contributed by atoms with van der Waals surface area (Å²) in [6, 6.07) is 8.89. The van der Waals surface area contributed by atoms with Crippen molar-refractivity contribution in [1.82, 2.24) is 5.32 Å². The maximum atomic E-state index is 10.7. The Balaban J connectivity index is 2.79. The minimum Gasteiger partial charge on any atom is -0.388 e. The normalized spacial score (nSPS) is 13.4. The lowest BCUT2D eigenvalue weighted by molar-refractivity contribution is -0.119. The molecule has 0 saturated carbocycles. The number of hydrogen-bond acceptors (Lipinski definition) is 4. The van der Waals surface area contributed by atoms with Crippen LogP contribution in [0, 0.1) is 11.3 Å². The number of hydrogen-bond donors (Lipinski definition) is 3. The molecule has 1 rings (SSSR count). The monoisotopic (exact) mass is 248 g/mol. The van der Waals surface area contributed by atoms with Crippen LogP contribution in [0.15, 0.2) is 24.3 Å². The predicted molar refractivity (Wildman–Crippen MR) is 65.4 cm³/mol. The first-order valence-electron chi connectivity index (χ1n) is 5.61. The maximum Gasteiger partial charge on any atom is 0.216 e. The van der Waals surface area contributed by atoms with Gasteiger partial charge in [0.2, 0.25) is 5.91 Å². The SMILES string of the molecule is CC(=O)NCC(O)C(O)c1ccccc1CC#N. The maximum absolute atomic E-state index is 10.7. The van der Waals surface area contributed by atoms with Crippen LogP contribution in [0.5, 0.6) is 0 Å². The second-order valence-corrected chi connectivity index (χ2v) is 3.98. The van der Waals surface area contributed by atoms with Crippen molar-refractivity contribution < 1.29 is 15.0 Å². The van der Waals surface area contributed by atoms with E-state index in [1.165, 1.54) is 6.92 Å². The zero-order valence-corrected chi connectivity index (χ0v) is 10.1. The lowest BCUT2D eigenvalue weighted by Crippen LogP contribution is -2.34. The van der Waals surface area contributed by atoms with E-state index in [4.69, 9.17) is 5.26 Å². The quantitative estimate of drug-likeness (QED) is 0.698. The van der Waals surface area contributed by atoms with E-state index in [0.717, 1.165) is 0 Å². The van der Waals surface area contributed by atoms with Crippen molar-refractivity contribution in [2.24, 2.45) is 0 Å². The van der Waals surface area contributed by atoms with E-state index in [9.17, 15) is 15.0 Å². The number of benzene rings is 1. The third kappa shape index (κ3) is 3.84. The number of carbonyl (C=O) groups is 1. The topological polar surface area (TPSA) is 93.3 Å². The largest absolute Gasteiger partial charge is 0.388 e. The van der Waals surface area contributed by atoms with Crippen LogP contribution in [0.25, 0.3) is 0 Å². The van der Waals surface area contributed by atoms with Gasteiger partial charge in [-0.15, -0.1) is 0 Å². The molecule has 1 aromatic rings. The second-order valence-electron chi connectivity index (χ2n) is 3.98. The van der Waals surface area contributed by atoms with Gasteiger partial charge in [-0.25, -0.2) is 0 Å². The minimum atomic E-state index is -1.12. The van der Waals surface area contributed by atoms with Gasteiger partial charge in [0.05, 0.1) is 12.5 Å². The Labute approximate surface area is 106 Å². The Kier molecular flexibility index (Phi) is 5.31. The highest BCUT2D eigenvalue weighted by Crippen LogP contribution is 2.21. The van der Waals surface area contributed by atoms with Gasteiger partial charge in [-0.05, 0) is 11.1 Å². The molecule has 0 heterocycles. The third-order valence-electron chi connectivity index (χ3n) is 2.57. The number of amides is 1. The van der Waals surface area contributed by atoms with Crippen LogP contribution in [0.2, 0.25) is 0 Å². The average molecular weight is 248 g/mol. The van der Waals surface area contributed by atoms with E-state index in [2.05, 4.69) is 5.32 Å². The lowest BCUT2D eigenvalue weighted by atomic mass is 9.97. The second kappa shape index (κ2) is 6.74. The van der Waals surface area contributed by atoms with Gasteiger partial charge in [-0.2, -0.15) is 5.26 Å². The van der Waals surface area contributed by atoms with Crippen molar-refractivity contribution in [2.75, 3.05) is 6.54 Å². The van der Waals surface area contributed by atoms with Crippen LogP contribution in [-0.2, 0) is 11.2 Å². The smallest absolute Gasteiger partial charge is 0.216 e. The van der Waals surface area contributed by atoms with Crippen molar-refractivity contribution in [3.8, 4) is 6.07 Å². The van der Waals surface area contributed by atoms with Crippen LogP contribution >= 0.6 is 0 Å². The van der Waals surface area contributed by atoms with E-state index in [1.807, 2.05) is 6.07 Å². The fourth-order valence-corrected chi connectivity index (χ4v) is 1.64. The molecule has 2 atom stereocenters. The summed E-state index contributed by atoms with van der Waals surface area (Å²) in [7, 11) is 0. The first-order valence-corrected chi connectivity index (χ1v) is 5.61. The first kappa shape index (κ1) is 14.2. The Morgan fingerprint density at radius 2 is 2.11 bits per heavy atom. The molecule has 18 heavy (non-hydrogen) atoms. The number of rotatable bonds is 5. The molecular formula is C13H16N2O3. The molecule has 2 unspecified atom stereocenters. The Morgan fingerprint density at radius 3 is 2.72 bits per heavy atom. The average Bonchev–Trinajstić information content (AvgIpc) is 2.36. The van der Waals surface area contributed by atoms with Gasteiger partial charge in [-0.1, -0.05) is 24.3 Å². The van der Waals surface area contributed by atoms with E-state index >= 15 is 0 Å². The van der Waals surface area contributed by atoms with E-state index < -0.39 is 12.2 Å². The molecule has 0 saturated heterocycles. The summed E-state index contributed by atoms with van der Waals surface area (Å²) < 4.78 is 0. The summed E-state index contributed by atoms with van der Waals surface area (Å²) in [6.45, 7) is 1.31. The van der Waals surface area contributed by atoms with E-state index in [1.54, 1.807) is 24.3 Å². The fraction of sp³-hybridized carbons (Fsp3) is 0.385. The molecule has 0 aliphatic rings. The van der Waals surface area contributed by atoms with Crippen LogP contribution < -0.4 is 5.32 Å². The van der Waals surface area contributed by atoms with Gasteiger partial charge in [0, 0.05) is 13.5 Å². The Morgan fingerprint density at radius 1 is 1.44 bits per heavy atom. The van der Waals surface area contributed by atoms with Gasteiger partial charge in [-0.3, -0.25) is 4.79 Å². The summed E-state index contributed by atoms with van der Waals surface area (Å²) >= 11 is 0. The fourth-order valence-electron chi connectivity index (χ4n) is 1.64. The van der Waals surface area contributed by atoms with Crippen molar-refractivity contribution in [2.45, 2.75) is 25.6 Å². The lowest BCUT2D eigenvalue weighted by Gasteiger charge is -2.20. The number of aliphatic hydroxyl groups excluding tert-OH is 2. The molecule has 0 aliphatic carbocycles. The molecule has 0 radical (unpaired) electrons. The Hall–Kier alpha value is -1.90. The molecule has 3 N–H and O–H groups in total. The van der Waals surface area contributed by atoms with Crippen LogP contribution in [0.4, 0.5) is 0 Å². The number of carbonyl (C=O) groups excluding carboxylic acids is 1. The van der Waals surface area contributed by atoms with E-state index in [0.29, 0.717) is 11.1 Å². The standard InChI is InChI=1S/C13H16N2O3/c1-9(16)15-8-12(17)13(18)11-5-3-2-4-10(11)6-7-14/h2-5,12-13,17-18H,6,8H2,1H3,(H,15,16).